The van der Waals surface area contributed by atoms with Crippen LogP contribution >= 0.6 is 0 Å². The first-order chi connectivity index (χ1) is 9.93. The van der Waals surface area contributed by atoms with E-state index in [-0.39, 0.29) is 11.3 Å². The molecule has 0 unspecified atom stereocenters. The number of aliphatic hydroxyl groups is 1. The Morgan fingerprint density at radius 1 is 1.24 bits per heavy atom. The molecule has 0 aliphatic heterocycles. The molecule has 0 spiro atoms. The molecular weight excluding hydrogens is 269 g/mol. The second-order valence-electron chi connectivity index (χ2n) is 4.98. The number of nitriles is 1. The maximum atomic E-state index is 13.8. The third-order valence-electron chi connectivity index (χ3n) is 3.23. The van der Waals surface area contributed by atoms with Crippen LogP contribution in [0.1, 0.15) is 35.3 Å². The number of rotatable bonds is 3. The van der Waals surface area contributed by atoms with Crippen molar-refractivity contribution in [2.45, 2.75) is 26.9 Å². The molecule has 0 bridgehead atoms. The number of hydrogen-bond acceptors (Lipinski definition) is 3. The highest BCUT2D eigenvalue weighted by atomic mass is 19.1. The van der Waals surface area contributed by atoms with E-state index >= 15 is 0 Å². The largest absolute Gasteiger partial charge is 0.456 e. The highest BCUT2D eigenvalue weighted by Crippen LogP contribution is 2.35. The third-order valence-corrected chi connectivity index (χ3v) is 3.23. The molecule has 0 aliphatic rings. The van der Waals surface area contributed by atoms with E-state index in [9.17, 15) is 9.50 Å². The lowest BCUT2D eigenvalue weighted by Gasteiger charge is -2.17. The van der Waals surface area contributed by atoms with Crippen molar-refractivity contribution in [1.82, 2.24) is 0 Å². The fraction of sp³-hybridized carbons (Fsp3) is 0.235. The van der Waals surface area contributed by atoms with Gasteiger partial charge in [-0.3, -0.25) is 0 Å². The van der Waals surface area contributed by atoms with Crippen LogP contribution in [-0.4, -0.2) is 5.11 Å². The number of hydrogen-bond donors (Lipinski definition) is 1. The van der Waals surface area contributed by atoms with Crippen LogP contribution in [0.4, 0.5) is 4.39 Å². The smallest absolute Gasteiger partial charge is 0.136 e. The number of nitrogens with zero attached hydrogens (tertiary/aromatic N) is 1. The van der Waals surface area contributed by atoms with Crippen molar-refractivity contribution in [3.63, 3.8) is 0 Å². The first-order valence-corrected chi connectivity index (χ1v) is 6.59. The van der Waals surface area contributed by atoms with Gasteiger partial charge in [0.05, 0.1) is 23.3 Å². The molecule has 4 heteroatoms. The van der Waals surface area contributed by atoms with Gasteiger partial charge < -0.3 is 9.84 Å². The predicted octanol–water partition coefficient (Wildman–Crippen LogP) is 4.16. The zero-order chi connectivity index (χ0) is 15.6. The van der Waals surface area contributed by atoms with Crippen molar-refractivity contribution >= 4 is 0 Å². The van der Waals surface area contributed by atoms with Crippen molar-refractivity contribution in [2.75, 3.05) is 0 Å². The number of aryl methyl sites for hydroxylation is 2. The number of benzene rings is 2. The Labute approximate surface area is 123 Å². The van der Waals surface area contributed by atoms with E-state index in [2.05, 4.69) is 6.07 Å². The first-order valence-electron chi connectivity index (χ1n) is 6.59. The van der Waals surface area contributed by atoms with Crippen molar-refractivity contribution < 1.29 is 14.2 Å². The Morgan fingerprint density at radius 3 is 2.38 bits per heavy atom. The number of halogens is 1. The van der Waals surface area contributed by atoms with E-state index in [1.165, 1.54) is 19.1 Å². The second kappa shape index (κ2) is 5.94. The summed E-state index contributed by atoms with van der Waals surface area (Å²) in [5.74, 6) is 0.342. The highest BCUT2D eigenvalue weighted by molar-refractivity contribution is 5.50. The third kappa shape index (κ3) is 3.04. The summed E-state index contributed by atoms with van der Waals surface area (Å²) in [6.07, 6.45) is -0.972. The maximum Gasteiger partial charge on any atom is 0.136 e. The molecule has 0 radical (unpaired) electrons. The molecule has 1 atom stereocenters. The molecule has 0 amide bonds. The first kappa shape index (κ1) is 15.0. The monoisotopic (exact) mass is 285 g/mol. The zero-order valence-corrected chi connectivity index (χ0v) is 12.1. The molecule has 0 saturated heterocycles. The molecule has 21 heavy (non-hydrogen) atoms. The summed E-state index contributed by atoms with van der Waals surface area (Å²) >= 11 is 0. The van der Waals surface area contributed by atoms with Crippen LogP contribution in [0.3, 0.4) is 0 Å². The molecule has 0 saturated carbocycles. The van der Waals surface area contributed by atoms with Gasteiger partial charge in [0.25, 0.3) is 0 Å². The van der Waals surface area contributed by atoms with Crippen LogP contribution in [0.25, 0.3) is 0 Å². The van der Waals surface area contributed by atoms with Gasteiger partial charge in [-0.2, -0.15) is 5.26 Å². The summed E-state index contributed by atoms with van der Waals surface area (Å²) in [5, 5.41) is 18.7. The molecule has 3 nitrogen and oxygen atoms in total. The van der Waals surface area contributed by atoms with E-state index in [0.29, 0.717) is 11.3 Å². The van der Waals surface area contributed by atoms with Gasteiger partial charge in [0, 0.05) is 0 Å². The second-order valence-corrected chi connectivity index (χ2v) is 4.98. The summed E-state index contributed by atoms with van der Waals surface area (Å²) in [6.45, 7) is 5.14. The Kier molecular flexibility index (Phi) is 4.25. The van der Waals surface area contributed by atoms with Crippen molar-refractivity contribution in [2.24, 2.45) is 0 Å². The van der Waals surface area contributed by atoms with E-state index in [1.54, 1.807) is 18.2 Å². The van der Waals surface area contributed by atoms with Gasteiger partial charge in [0.2, 0.25) is 0 Å². The minimum absolute atomic E-state index is 0.126. The quantitative estimate of drug-likeness (QED) is 0.921. The molecular formula is C17H16FNO2. The van der Waals surface area contributed by atoms with Crippen LogP contribution in [0, 0.1) is 31.0 Å². The Morgan fingerprint density at radius 2 is 1.86 bits per heavy atom. The zero-order valence-electron chi connectivity index (χ0n) is 12.1. The Balaban J connectivity index is 2.49. The predicted molar refractivity (Wildman–Crippen MR) is 77.7 cm³/mol. The fourth-order valence-electron chi connectivity index (χ4n) is 2.30. The topological polar surface area (TPSA) is 53.2 Å². The Hall–Kier alpha value is -2.38. The molecule has 0 aliphatic carbocycles. The molecule has 0 fully saturated rings. The van der Waals surface area contributed by atoms with Gasteiger partial charge in [0.1, 0.15) is 17.3 Å². The van der Waals surface area contributed by atoms with Crippen LogP contribution < -0.4 is 4.74 Å². The van der Waals surface area contributed by atoms with E-state index in [0.717, 1.165) is 11.1 Å². The maximum absolute atomic E-state index is 13.8. The van der Waals surface area contributed by atoms with Crippen LogP contribution in [0.5, 0.6) is 11.5 Å². The molecule has 2 rings (SSSR count). The minimum Gasteiger partial charge on any atom is -0.456 e. The van der Waals surface area contributed by atoms with Crippen molar-refractivity contribution in [3.8, 4) is 17.6 Å². The lowest BCUT2D eigenvalue weighted by atomic mass is 10.1. The molecule has 1 N–H and O–H groups in total. The fourth-order valence-corrected chi connectivity index (χ4v) is 2.30. The van der Waals surface area contributed by atoms with Crippen LogP contribution in [0.2, 0.25) is 0 Å². The molecule has 2 aromatic rings. The average molecular weight is 285 g/mol. The number of ether oxygens (including phenoxy) is 1. The van der Waals surface area contributed by atoms with Crippen molar-refractivity contribution in [1.29, 1.82) is 5.26 Å². The highest BCUT2D eigenvalue weighted by Gasteiger charge is 2.17. The SMILES string of the molecule is Cc1cc(C#N)cc(C)c1Oc1cccc(F)c1[C@H](C)O. The molecule has 0 aromatic heterocycles. The van der Waals surface area contributed by atoms with E-state index in [1.807, 2.05) is 13.8 Å². The molecule has 0 heterocycles. The average Bonchev–Trinajstić information content (AvgIpc) is 2.42. The van der Waals surface area contributed by atoms with Crippen LogP contribution in [-0.2, 0) is 0 Å². The summed E-state index contributed by atoms with van der Waals surface area (Å²) in [6, 6.07) is 9.94. The van der Waals surface area contributed by atoms with Gasteiger partial charge >= 0.3 is 0 Å². The van der Waals surface area contributed by atoms with E-state index < -0.39 is 11.9 Å². The molecule has 108 valence electrons. The summed E-state index contributed by atoms with van der Waals surface area (Å²) in [7, 11) is 0. The lowest BCUT2D eigenvalue weighted by Crippen LogP contribution is -2.01. The Bertz CT molecular complexity index is 694. The van der Waals surface area contributed by atoms with Gasteiger partial charge in [-0.1, -0.05) is 6.07 Å². The number of aliphatic hydroxyl groups excluding tert-OH is 1. The molecule has 2 aromatic carbocycles. The summed E-state index contributed by atoms with van der Waals surface area (Å²) < 4.78 is 19.6. The lowest BCUT2D eigenvalue weighted by molar-refractivity contribution is 0.190. The normalized spacial score (nSPS) is 11.8. The van der Waals surface area contributed by atoms with Gasteiger partial charge in [-0.05, 0) is 56.2 Å². The summed E-state index contributed by atoms with van der Waals surface area (Å²) in [5.41, 5.74) is 2.24. The van der Waals surface area contributed by atoms with Gasteiger partial charge in [-0.25, -0.2) is 4.39 Å². The summed E-state index contributed by atoms with van der Waals surface area (Å²) in [4.78, 5) is 0. The minimum atomic E-state index is -0.972. The van der Waals surface area contributed by atoms with Gasteiger partial charge in [0.15, 0.2) is 0 Å². The van der Waals surface area contributed by atoms with Crippen LogP contribution in [0.15, 0.2) is 30.3 Å². The standard InChI is InChI=1S/C17H16FNO2/c1-10-7-13(9-19)8-11(2)17(10)21-15-6-4-5-14(18)16(15)12(3)20/h4-8,12,20H,1-3H3/t12-/m0/s1. The van der Waals surface area contributed by atoms with E-state index in [4.69, 9.17) is 10.00 Å². The van der Waals surface area contributed by atoms with Crippen molar-refractivity contribution in [3.05, 3.63) is 58.4 Å². The van der Waals surface area contributed by atoms with Gasteiger partial charge in [-0.15, -0.1) is 0 Å².